The highest BCUT2D eigenvalue weighted by atomic mass is 35.5. The van der Waals surface area contributed by atoms with E-state index in [1.54, 1.807) is 25.7 Å². The third kappa shape index (κ3) is 2.71. The Hall–Kier alpha value is -2.08. The Labute approximate surface area is 127 Å². The molecule has 0 aliphatic heterocycles. The molecule has 0 saturated heterocycles. The number of fused-ring (bicyclic) bond motifs is 1. The lowest BCUT2D eigenvalue weighted by atomic mass is 10.4. The van der Waals surface area contributed by atoms with Crippen LogP contribution in [0.5, 0.6) is 5.88 Å². The molecule has 7 heteroatoms. The average Bonchev–Trinajstić information content (AvgIpc) is 3.11. The highest BCUT2D eigenvalue weighted by Crippen LogP contribution is 2.25. The number of alkyl halides is 1. The molecular formula is C14H16ClN5O. The van der Waals surface area contributed by atoms with Crippen LogP contribution in [0.15, 0.2) is 30.9 Å². The minimum atomic E-state index is -0.187. The SMILES string of the molecule is COc1ccc2nc(C(C)Cl)n(CCn3ccnc3)c2n1. The normalized spacial score (nSPS) is 12.7. The van der Waals surface area contributed by atoms with Crippen molar-refractivity contribution in [2.75, 3.05) is 7.11 Å². The second kappa shape index (κ2) is 5.73. The van der Waals surface area contributed by atoms with Crippen LogP contribution in [0.4, 0.5) is 0 Å². The summed E-state index contributed by atoms with van der Waals surface area (Å²) in [5.74, 6) is 1.38. The molecule has 3 aromatic heterocycles. The molecule has 3 aromatic rings. The van der Waals surface area contributed by atoms with Crippen LogP contribution in [0.3, 0.4) is 0 Å². The summed E-state index contributed by atoms with van der Waals surface area (Å²) < 4.78 is 9.24. The maximum atomic E-state index is 6.25. The first-order valence-electron chi connectivity index (χ1n) is 6.70. The minimum Gasteiger partial charge on any atom is -0.481 e. The number of pyridine rings is 1. The quantitative estimate of drug-likeness (QED) is 0.680. The molecule has 0 radical (unpaired) electrons. The first kappa shape index (κ1) is 13.9. The Morgan fingerprint density at radius 2 is 2.14 bits per heavy atom. The number of imidazole rings is 2. The van der Waals surface area contributed by atoms with Crippen LogP contribution < -0.4 is 4.74 Å². The van der Waals surface area contributed by atoms with E-state index in [-0.39, 0.29) is 5.38 Å². The van der Waals surface area contributed by atoms with Gasteiger partial charge in [0.05, 0.1) is 18.8 Å². The van der Waals surface area contributed by atoms with Crippen LogP contribution in [-0.4, -0.2) is 31.2 Å². The van der Waals surface area contributed by atoms with Gasteiger partial charge in [-0.2, -0.15) is 4.98 Å². The van der Waals surface area contributed by atoms with Crippen molar-refractivity contribution in [1.29, 1.82) is 0 Å². The van der Waals surface area contributed by atoms with Gasteiger partial charge in [-0.05, 0) is 13.0 Å². The Morgan fingerprint density at radius 1 is 1.29 bits per heavy atom. The minimum absolute atomic E-state index is 0.187. The number of halogens is 1. The Morgan fingerprint density at radius 3 is 2.81 bits per heavy atom. The van der Waals surface area contributed by atoms with E-state index in [1.165, 1.54) is 0 Å². The van der Waals surface area contributed by atoms with Crippen molar-refractivity contribution < 1.29 is 4.74 Å². The van der Waals surface area contributed by atoms with Gasteiger partial charge in [0.15, 0.2) is 5.65 Å². The van der Waals surface area contributed by atoms with E-state index in [9.17, 15) is 0 Å². The lowest BCUT2D eigenvalue weighted by Gasteiger charge is -2.10. The molecule has 6 nitrogen and oxygen atoms in total. The van der Waals surface area contributed by atoms with Gasteiger partial charge in [-0.15, -0.1) is 11.6 Å². The summed E-state index contributed by atoms with van der Waals surface area (Å²) in [5, 5.41) is -0.187. The molecule has 0 spiro atoms. The molecular weight excluding hydrogens is 290 g/mol. The number of hydrogen-bond donors (Lipinski definition) is 0. The second-order valence-electron chi connectivity index (χ2n) is 4.73. The molecule has 0 saturated carbocycles. The average molecular weight is 306 g/mol. The van der Waals surface area contributed by atoms with Gasteiger partial charge in [0.1, 0.15) is 11.3 Å². The predicted octanol–water partition coefficient (Wildman–Crippen LogP) is 2.64. The van der Waals surface area contributed by atoms with Gasteiger partial charge in [0, 0.05) is 31.5 Å². The van der Waals surface area contributed by atoms with Gasteiger partial charge < -0.3 is 13.9 Å². The van der Waals surface area contributed by atoms with Crippen molar-refractivity contribution >= 4 is 22.8 Å². The summed E-state index contributed by atoms with van der Waals surface area (Å²) in [7, 11) is 1.60. The van der Waals surface area contributed by atoms with Crippen LogP contribution in [0, 0.1) is 0 Å². The van der Waals surface area contributed by atoms with Gasteiger partial charge in [0.2, 0.25) is 5.88 Å². The zero-order valence-corrected chi connectivity index (χ0v) is 12.7. The van der Waals surface area contributed by atoms with Crippen LogP contribution in [-0.2, 0) is 13.1 Å². The number of ether oxygens (including phenoxy) is 1. The smallest absolute Gasteiger partial charge is 0.215 e. The fourth-order valence-corrected chi connectivity index (χ4v) is 2.44. The molecule has 0 aromatic carbocycles. The summed E-state index contributed by atoms with van der Waals surface area (Å²) in [6.45, 7) is 3.41. The molecule has 3 rings (SSSR count). The summed E-state index contributed by atoms with van der Waals surface area (Å²) in [6, 6.07) is 3.70. The molecule has 0 N–H and O–H groups in total. The van der Waals surface area contributed by atoms with E-state index in [4.69, 9.17) is 16.3 Å². The standard InChI is InChI=1S/C14H16ClN5O/c1-10(15)13-17-11-3-4-12(21-2)18-14(11)20(13)8-7-19-6-5-16-9-19/h3-6,9-10H,7-8H2,1-2H3. The third-order valence-corrected chi connectivity index (χ3v) is 3.50. The van der Waals surface area contributed by atoms with Crippen LogP contribution in [0.1, 0.15) is 18.1 Å². The van der Waals surface area contributed by atoms with Crippen molar-refractivity contribution in [3.8, 4) is 5.88 Å². The summed E-state index contributed by atoms with van der Waals surface area (Å²) in [5.41, 5.74) is 1.61. The number of methoxy groups -OCH3 is 1. The van der Waals surface area contributed by atoms with E-state index in [2.05, 4.69) is 15.0 Å². The lowest BCUT2D eigenvalue weighted by Crippen LogP contribution is -2.10. The van der Waals surface area contributed by atoms with Crippen molar-refractivity contribution in [2.24, 2.45) is 0 Å². The Bertz CT molecular complexity index is 735. The first-order chi connectivity index (χ1) is 10.2. The summed E-state index contributed by atoms with van der Waals surface area (Å²) in [6.07, 6.45) is 5.48. The highest BCUT2D eigenvalue weighted by molar-refractivity contribution is 6.20. The van der Waals surface area contributed by atoms with E-state index >= 15 is 0 Å². The molecule has 0 amide bonds. The molecule has 0 aliphatic carbocycles. The molecule has 1 atom stereocenters. The molecule has 110 valence electrons. The van der Waals surface area contributed by atoms with Crippen LogP contribution >= 0.6 is 11.6 Å². The van der Waals surface area contributed by atoms with Crippen molar-refractivity contribution in [2.45, 2.75) is 25.4 Å². The zero-order chi connectivity index (χ0) is 14.8. The van der Waals surface area contributed by atoms with Gasteiger partial charge in [-0.25, -0.2) is 9.97 Å². The monoisotopic (exact) mass is 305 g/mol. The second-order valence-corrected chi connectivity index (χ2v) is 5.39. The highest BCUT2D eigenvalue weighted by Gasteiger charge is 2.16. The maximum absolute atomic E-state index is 6.25. The van der Waals surface area contributed by atoms with E-state index in [0.29, 0.717) is 5.88 Å². The fraction of sp³-hybridized carbons (Fsp3) is 0.357. The van der Waals surface area contributed by atoms with Crippen LogP contribution in [0.25, 0.3) is 11.2 Å². The van der Waals surface area contributed by atoms with E-state index in [1.807, 2.05) is 28.3 Å². The van der Waals surface area contributed by atoms with E-state index in [0.717, 1.165) is 30.1 Å². The number of hydrogen-bond acceptors (Lipinski definition) is 4. The van der Waals surface area contributed by atoms with Gasteiger partial charge in [-0.3, -0.25) is 0 Å². The maximum Gasteiger partial charge on any atom is 0.215 e. The van der Waals surface area contributed by atoms with E-state index < -0.39 is 0 Å². The number of nitrogens with zero attached hydrogens (tertiary/aromatic N) is 5. The topological polar surface area (TPSA) is 57.8 Å². The van der Waals surface area contributed by atoms with Crippen molar-refractivity contribution in [3.63, 3.8) is 0 Å². The molecule has 3 heterocycles. The predicted molar refractivity (Wildman–Crippen MR) is 80.6 cm³/mol. The Balaban J connectivity index is 2.01. The number of aromatic nitrogens is 5. The van der Waals surface area contributed by atoms with Crippen LogP contribution in [0.2, 0.25) is 0 Å². The fourth-order valence-electron chi connectivity index (χ4n) is 2.27. The van der Waals surface area contributed by atoms with Gasteiger partial charge in [0.25, 0.3) is 0 Å². The molecule has 1 unspecified atom stereocenters. The number of aryl methyl sites for hydroxylation is 2. The van der Waals surface area contributed by atoms with Crippen molar-refractivity contribution in [1.82, 2.24) is 24.1 Å². The molecule has 0 aliphatic rings. The summed E-state index contributed by atoms with van der Waals surface area (Å²) in [4.78, 5) is 13.1. The first-order valence-corrected chi connectivity index (χ1v) is 7.13. The zero-order valence-electron chi connectivity index (χ0n) is 11.9. The summed E-state index contributed by atoms with van der Waals surface area (Å²) >= 11 is 6.25. The third-order valence-electron chi connectivity index (χ3n) is 3.30. The number of rotatable bonds is 5. The molecule has 0 fully saturated rings. The van der Waals surface area contributed by atoms with Gasteiger partial charge >= 0.3 is 0 Å². The lowest BCUT2D eigenvalue weighted by molar-refractivity contribution is 0.398. The van der Waals surface area contributed by atoms with Gasteiger partial charge in [-0.1, -0.05) is 0 Å². The largest absolute Gasteiger partial charge is 0.481 e. The van der Waals surface area contributed by atoms with Crippen molar-refractivity contribution in [3.05, 3.63) is 36.7 Å². The molecule has 21 heavy (non-hydrogen) atoms. The molecule has 0 bridgehead atoms. The Kier molecular flexibility index (Phi) is 3.79.